The summed E-state index contributed by atoms with van der Waals surface area (Å²) in [7, 11) is 0. The maximum Gasteiger partial charge on any atom is 0.335 e. The number of nitrogens with two attached hydrogens (primary N) is 1. The van der Waals surface area contributed by atoms with Crippen molar-refractivity contribution in [2.24, 2.45) is 5.73 Å². The van der Waals surface area contributed by atoms with Gasteiger partial charge in [0.2, 0.25) is 0 Å². The number of aromatic carboxylic acids is 2. The molecular weight excluding hydrogens is 511 g/mol. The third kappa shape index (κ3) is 7.71. The Morgan fingerprint density at radius 2 is 1.17 bits per heavy atom. The van der Waals surface area contributed by atoms with E-state index in [0.29, 0.717) is 12.1 Å². The number of hydrogen-bond acceptors (Lipinski definition) is 3. The first-order valence-electron chi connectivity index (χ1n) is 6.47. The second-order valence-electron chi connectivity index (χ2n) is 4.39. The van der Waals surface area contributed by atoms with Crippen LogP contribution in [0.5, 0.6) is 0 Å². The predicted molar refractivity (Wildman–Crippen MR) is 82.7 cm³/mol. The van der Waals surface area contributed by atoms with Crippen LogP contribution in [0.3, 0.4) is 0 Å². The van der Waals surface area contributed by atoms with Crippen molar-refractivity contribution in [3.63, 3.8) is 0 Å². The molecule has 7 heteroatoms. The molecule has 6 nitrogen and oxygen atoms in total. The topological polar surface area (TPSA) is 124 Å². The Morgan fingerprint density at radius 3 is 1.43 bits per heavy atom. The molecular formula is C16H17AcN2O4-. The summed E-state index contributed by atoms with van der Waals surface area (Å²) < 4.78 is 0. The molecule has 1 radical (unpaired) electrons. The molecule has 0 saturated carbocycles. The standard InChI is InChI=1S/C8H9NO2.C8H8NO2.Ac/c2*9-5-6-1-3-7(4-2-6)8(10)11;/h1-4H,5,9H2,(H,10,11);1-4,9H,5H2,(H,10,11);/q;-1;. The zero-order valence-electron chi connectivity index (χ0n) is 12.4. The molecule has 119 valence electrons. The molecule has 5 N–H and O–H groups in total. The van der Waals surface area contributed by atoms with Crippen molar-refractivity contribution in [2.45, 2.75) is 13.1 Å². The van der Waals surface area contributed by atoms with Crippen LogP contribution in [0.15, 0.2) is 48.5 Å². The van der Waals surface area contributed by atoms with Crippen LogP contribution in [0.1, 0.15) is 31.8 Å². The maximum absolute atomic E-state index is 10.4. The van der Waals surface area contributed by atoms with E-state index in [-0.39, 0.29) is 56.2 Å². The zero-order valence-corrected chi connectivity index (χ0v) is 17.1. The first-order chi connectivity index (χ1) is 10.5. The molecule has 0 amide bonds. The van der Waals surface area contributed by atoms with Gasteiger partial charge in [-0.15, -0.1) is 6.54 Å². The van der Waals surface area contributed by atoms with Crippen molar-refractivity contribution >= 4 is 11.9 Å². The minimum atomic E-state index is -0.929. The van der Waals surface area contributed by atoms with E-state index in [2.05, 4.69) is 0 Å². The van der Waals surface area contributed by atoms with E-state index >= 15 is 0 Å². The van der Waals surface area contributed by atoms with E-state index in [0.717, 1.165) is 11.1 Å². The second kappa shape index (κ2) is 11.3. The van der Waals surface area contributed by atoms with Crippen molar-refractivity contribution in [1.82, 2.24) is 0 Å². The van der Waals surface area contributed by atoms with Gasteiger partial charge in [0.1, 0.15) is 0 Å². The van der Waals surface area contributed by atoms with Gasteiger partial charge in [-0.05, 0) is 29.8 Å². The first kappa shape index (κ1) is 21.7. The fourth-order valence-electron chi connectivity index (χ4n) is 1.55. The summed E-state index contributed by atoms with van der Waals surface area (Å²) in [6.45, 7) is 0.639. The second-order valence-corrected chi connectivity index (χ2v) is 4.39. The molecule has 0 heterocycles. The van der Waals surface area contributed by atoms with Crippen LogP contribution < -0.4 is 5.73 Å². The molecule has 2 aromatic rings. The molecule has 0 bridgehead atoms. The van der Waals surface area contributed by atoms with Crippen molar-refractivity contribution in [3.05, 3.63) is 76.5 Å². The van der Waals surface area contributed by atoms with Gasteiger partial charge in [-0.3, -0.25) is 0 Å². The van der Waals surface area contributed by atoms with Gasteiger partial charge in [-0.25, -0.2) is 9.59 Å². The molecule has 0 fully saturated rings. The van der Waals surface area contributed by atoms with E-state index in [1.807, 2.05) is 0 Å². The van der Waals surface area contributed by atoms with Crippen molar-refractivity contribution in [2.75, 3.05) is 0 Å². The summed E-state index contributed by atoms with van der Waals surface area (Å²) in [4.78, 5) is 20.7. The Labute approximate surface area is 170 Å². The van der Waals surface area contributed by atoms with Crippen LogP contribution in [0.25, 0.3) is 5.73 Å². The van der Waals surface area contributed by atoms with Crippen LogP contribution >= 0.6 is 0 Å². The number of carboxylic acid groups (broad SMARTS) is 2. The molecule has 0 aromatic heterocycles. The predicted octanol–water partition coefficient (Wildman–Crippen LogP) is 2.78. The Morgan fingerprint density at radius 1 is 0.826 bits per heavy atom. The van der Waals surface area contributed by atoms with E-state index < -0.39 is 11.9 Å². The van der Waals surface area contributed by atoms with Gasteiger partial charge in [0.05, 0.1) is 11.1 Å². The summed E-state index contributed by atoms with van der Waals surface area (Å²) in [5, 5.41) is 17.0. The molecule has 0 aliphatic heterocycles. The first-order valence-corrected chi connectivity index (χ1v) is 6.47. The summed E-state index contributed by atoms with van der Waals surface area (Å²) in [5.41, 5.74) is 14.6. The van der Waals surface area contributed by atoms with Gasteiger partial charge in [0, 0.05) is 50.6 Å². The Hall–Kier alpha value is -1.26. The van der Waals surface area contributed by atoms with Crippen molar-refractivity contribution < 1.29 is 63.9 Å². The Kier molecular flexibility index (Phi) is 10.7. The van der Waals surface area contributed by atoms with Crippen LogP contribution in [-0.2, 0) is 13.1 Å². The van der Waals surface area contributed by atoms with Crippen molar-refractivity contribution in [1.29, 1.82) is 0 Å². The SMILES string of the molecule is NCc1ccc(C(=O)O)cc1.[Ac].[NH-]Cc1ccc(C(=O)O)cc1. The average Bonchev–Trinajstić information content (AvgIpc) is 2.55. The van der Waals surface area contributed by atoms with Gasteiger partial charge >= 0.3 is 11.9 Å². The van der Waals surface area contributed by atoms with Crippen LogP contribution in [0, 0.1) is 44.1 Å². The minimum Gasteiger partial charge on any atom is -0.674 e. The molecule has 0 aliphatic carbocycles. The Balaban J connectivity index is 0.000000403. The number of nitrogens with one attached hydrogen (secondary N) is 1. The zero-order chi connectivity index (χ0) is 16.5. The van der Waals surface area contributed by atoms with Crippen LogP contribution in [0.4, 0.5) is 0 Å². The molecule has 0 saturated heterocycles. The van der Waals surface area contributed by atoms with Gasteiger partial charge in [-0.1, -0.05) is 29.8 Å². The average molecular weight is 528 g/mol. The summed E-state index contributed by atoms with van der Waals surface area (Å²) in [6, 6.07) is 12.8. The molecule has 0 aliphatic rings. The monoisotopic (exact) mass is 528 g/mol. The molecule has 0 atom stereocenters. The minimum absolute atomic E-state index is 0. The van der Waals surface area contributed by atoms with E-state index in [1.54, 1.807) is 36.4 Å². The smallest absolute Gasteiger partial charge is 0.335 e. The van der Waals surface area contributed by atoms with Gasteiger partial charge in [0.25, 0.3) is 0 Å². The normalized spacial score (nSPS) is 9.13. The molecule has 0 unspecified atom stereocenters. The van der Waals surface area contributed by atoms with E-state index in [1.165, 1.54) is 12.1 Å². The summed E-state index contributed by atoms with van der Waals surface area (Å²) in [5.74, 6) is -1.84. The maximum atomic E-state index is 10.4. The fourth-order valence-corrected chi connectivity index (χ4v) is 1.55. The van der Waals surface area contributed by atoms with E-state index in [4.69, 9.17) is 21.7 Å². The van der Waals surface area contributed by atoms with Crippen molar-refractivity contribution in [3.8, 4) is 0 Å². The molecule has 0 spiro atoms. The molecule has 2 rings (SSSR count). The van der Waals surface area contributed by atoms with Gasteiger partial charge < -0.3 is 21.7 Å². The number of carbonyl (C=O) groups is 2. The quantitative estimate of drug-likeness (QED) is 0.563. The summed E-state index contributed by atoms with van der Waals surface area (Å²) in [6.07, 6.45) is 0. The van der Waals surface area contributed by atoms with Gasteiger partial charge in [-0.2, -0.15) is 0 Å². The number of carboxylic acids is 2. The van der Waals surface area contributed by atoms with Gasteiger partial charge in [0.15, 0.2) is 0 Å². The van der Waals surface area contributed by atoms with E-state index in [9.17, 15) is 9.59 Å². The molecule has 2 aromatic carbocycles. The number of benzene rings is 2. The van der Waals surface area contributed by atoms with Crippen LogP contribution in [-0.4, -0.2) is 22.2 Å². The third-order valence-electron chi connectivity index (χ3n) is 2.84. The summed E-state index contributed by atoms with van der Waals surface area (Å²) >= 11 is 0. The molecule has 23 heavy (non-hydrogen) atoms. The fraction of sp³-hybridized carbons (Fsp3) is 0.125. The number of rotatable bonds is 4. The largest absolute Gasteiger partial charge is 0.674 e. The third-order valence-corrected chi connectivity index (χ3v) is 2.84. The Bertz CT molecular complexity index is 570. The number of hydrogen-bond donors (Lipinski definition) is 3. The van der Waals surface area contributed by atoms with Crippen LogP contribution in [0.2, 0.25) is 0 Å².